The van der Waals surface area contributed by atoms with Gasteiger partial charge < -0.3 is 4.90 Å². The third-order valence-electron chi connectivity index (χ3n) is 5.39. The van der Waals surface area contributed by atoms with E-state index in [0.717, 1.165) is 47.5 Å². The summed E-state index contributed by atoms with van der Waals surface area (Å²) in [5.41, 5.74) is 0.955. The lowest BCUT2D eigenvalue weighted by Gasteiger charge is -2.37. The molecule has 1 aliphatic heterocycles. The maximum Gasteiger partial charge on any atom is 0.264 e. The van der Waals surface area contributed by atoms with Crippen LogP contribution in [0.1, 0.15) is 35.4 Å². The zero-order valence-electron chi connectivity index (χ0n) is 14.3. The monoisotopic (exact) mass is 358 g/mol. The van der Waals surface area contributed by atoms with Gasteiger partial charge in [0.2, 0.25) is 0 Å². The SMILES string of the molecule is O=C(c1ccc(-c2ccc(F)cc2)s1)N1CCN(C2CCCC2)CC1. The van der Waals surface area contributed by atoms with Gasteiger partial charge in [0, 0.05) is 37.1 Å². The van der Waals surface area contributed by atoms with Crippen molar-refractivity contribution in [3.8, 4) is 10.4 Å². The molecule has 2 heterocycles. The van der Waals surface area contributed by atoms with Crippen molar-refractivity contribution < 1.29 is 9.18 Å². The molecular formula is C20H23FN2OS. The Labute approximate surface area is 152 Å². The molecule has 0 radical (unpaired) electrons. The smallest absolute Gasteiger partial charge is 0.264 e. The summed E-state index contributed by atoms with van der Waals surface area (Å²) in [6.07, 6.45) is 5.34. The number of benzene rings is 1. The minimum absolute atomic E-state index is 0.129. The van der Waals surface area contributed by atoms with Crippen molar-refractivity contribution in [1.29, 1.82) is 0 Å². The zero-order chi connectivity index (χ0) is 17.2. The fourth-order valence-electron chi connectivity index (χ4n) is 3.94. The molecule has 0 bridgehead atoms. The largest absolute Gasteiger partial charge is 0.335 e. The van der Waals surface area contributed by atoms with Gasteiger partial charge in [-0.3, -0.25) is 9.69 Å². The second-order valence-corrected chi connectivity index (χ2v) is 8.02. The Kier molecular flexibility index (Phi) is 4.86. The average Bonchev–Trinajstić information content (AvgIpc) is 3.34. The normalized spacial score (nSPS) is 19.5. The molecule has 0 N–H and O–H groups in total. The number of carbonyl (C=O) groups excluding carboxylic acids is 1. The fourth-order valence-corrected chi connectivity index (χ4v) is 4.92. The quantitative estimate of drug-likeness (QED) is 0.819. The molecule has 1 aromatic carbocycles. The maximum atomic E-state index is 13.1. The average molecular weight is 358 g/mol. The first-order valence-electron chi connectivity index (χ1n) is 9.10. The molecule has 1 aliphatic carbocycles. The van der Waals surface area contributed by atoms with Crippen molar-refractivity contribution >= 4 is 17.2 Å². The molecule has 2 fully saturated rings. The molecule has 1 amide bonds. The molecule has 3 nitrogen and oxygen atoms in total. The van der Waals surface area contributed by atoms with Crippen LogP contribution in [0.3, 0.4) is 0 Å². The van der Waals surface area contributed by atoms with Crippen molar-refractivity contribution in [2.45, 2.75) is 31.7 Å². The van der Waals surface area contributed by atoms with Gasteiger partial charge in [-0.25, -0.2) is 4.39 Å². The predicted octanol–water partition coefficient (Wildman–Crippen LogP) is 4.25. The topological polar surface area (TPSA) is 23.6 Å². The lowest BCUT2D eigenvalue weighted by atomic mass is 10.1. The summed E-state index contributed by atoms with van der Waals surface area (Å²) in [6, 6.07) is 11.0. The first kappa shape index (κ1) is 16.7. The van der Waals surface area contributed by atoms with E-state index in [-0.39, 0.29) is 11.7 Å². The van der Waals surface area contributed by atoms with Crippen LogP contribution in [-0.2, 0) is 0 Å². The Bertz CT molecular complexity index is 728. The van der Waals surface area contributed by atoms with Gasteiger partial charge >= 0.3 is 0 Å². The van der Waals surface area contributed by atoms with Crippen LogP contribution in [0.5, 0.6) is 0 Å². The Morgan fingerprint density at radius 1 is 0.960 bits per heavy atom. The lowest BCUT2D eigenvalue weighted by molar-refractivity contribution is 0.0578. The minimum atomic E-state index is -0.239. The second-order valence-electron chi connectivity index (χ2n) is 6.94. The Morgan fingerprint density at radius 3 is 2.32 bits per heavy atom. The molecule has 1 saturated carbocycles. The Hall–Kier alpha value is -1.72. The summed E-state index contributed by atoms with van der Waals surface area (Å²) in [5, 5.41) is 0. The Balaban J connectivity index is 1.39. The summed E-state index contributed by atoms with van der Waals surface area (Å²) >= 11 is 1.49. The van der Waals surface area contributed by atoms with E-state index >= 15 is 0 Å². The molecule has 5 heteroatoms. The van der Waals surface area contributed by atoms with E-state index < -0.39 is 0 Å². The van der Waals surface area contributed by atoms with Gasteiger partial charge in [0.05, 0.1) is 4.88 Å². The number of halogens is 1. The summed E-state index contributed by atoms with van der Waals surface area (Å²) in [4.78, 5) is 19.1. The molecule has 4 rings (SSSR count). The van der Waals surface area contributed by atoms with Gasteiger partial charge in [0.1, 0.15) is 5.82 Å². The van der Waals surface area contributed by atoms with Crippen LogP contribution in [0.2, 0.25) is 0 Å². The highest BCUT2D eigenvalue weighted by Gasteiger charge is 2.28. The van der Waals surface area contributed by atoms with E-state index in [9.17, 15) is 9.18 Å². The van der Waals surface area contributed by atoms with Crippen LogP contribution in [0.25, 0.3) is 10.4 Å². The van der Waals surface area contributed by atoms with Gasteiger partial charge in [-0.2, -0.15) is 0 Å². The highest BCUT2D eigenvalue weighted by atomic mass is 32.1. The molecule has 1 saturated heterocycles. The van der Waals surface area contributed by atoms with Crippen molar-refractivity contribution in [2.24, 2.45) is 0 Å². The highest BCUT2D eigenvalue weighted by Crippen LogP contribution is 2.30. The molecule has 2 aromatic rings. The van der Waals surface area contributed by atoms with E-state index in [2.05, 4.69) is 4.90 Å². The number of carbonyl (C=O) groups is 1. The van der Waals surface area contributed by atoms with Crippen molar-refractivity contribution in [2.75, 3.05) is 26.2 Å². The summed E-state index contributed by atoms with van der Waals surface area (Å²) in [6.45, 7) is 3.62. The number of hydrogen-bond acceptors (Lipinski definition) is 3. The van der Waals surface area contributed by atoms with Gasteiger partial charge in [0.15, 0.2) is 0 Å². The standard InChI is InChI=1S/C20H23FN2OS/c21-16-7-5-15(6-8-16)18-9-10-19(25-18)20(24)23-13-11-22(12-14-23)17-3-1-2-4-17/h5-10,17H,1-4,11-14H2. The molecular weight excluding hydrogens is 335 g/mol. The van der Waals surface area contributed by atoms with E-state index in [1.165, 1.54) is 49.2 Å². The number of hydrogen-bond donors (Lipinski definition) is 0. The van der Waals surface area contributed by atoms with Gasteiger partial charge in [-0.15, -0.1) is 11.3 Å². The van der Waals surface area contributed by atoms with Crippen molar-refractivity contribution in [3.05, 3.63) is 47.1 Å². The van der Waals surface area contributed by atoms with E-state index in [4.69, 9.17) is 0 Å². The number of thiophene rings is 1. The molecule has 0 spiro atoms. The van der Waals surface area contributed by atoms with Crippen molar-refractivity contribution in [1.82, 2.24) is 9.80 Å². The highest BCUT2D eigenvalue weighted by molar-refractivity contribution is 7.17. The van der Waals surface area contributed by atoms with Gasteiger partial charge in [-0.05, 0) is 42.7 Å². The van der Waals surface area contributed by atoms with Crippen LogP contribution in [0.15, 0.2) is 36.4 Å². The fraction of sp³-hybridized carbons (Fsp3) is 0.450. The van der Waals surface area contributed by atoms with Crippen molar-refractivity contribution in [3.63, 3.8) is 0 Å². The number of nitrogens with zero attached hydrogens (tertiary/aromatic N) is 2. The van der Waals surface area contributed by atoms with E-state index in [1.54, 1.807) is 12.1 Å². The van der Waals surface area contributed by atoms with Crippen LogP contribution in [0.4, 0.5) is 4.39 Å². The Morgan fingerprint density at radius 2 is 1.64 bits per heavy atom. The van der Waals surface area contributed by atoms with E-state index in [0.29, 0.717) is 0 Å². The summed E-state index contributed by atoms with van der Waals surface area (Å²) in [5.74, 6) is -0.110. The number of rotatable bonds is 3. The molecule has 1 aromatic heterocycles. The molecule has 2 aliphatic rings. The van der Waals surface area contributed by atoms with E-state index in [1.807, 2.05) is 17.0 Å². The van der Waals surface area contributed by atoms with Crippen LogP contribution < -0.4 is 0 Å². The predicted molar refractivity (Wildman–Crippen MR) is 99.4 cm³/mol. The minimum Gasteiger partial charge on any atom is -0.335 e. The molecule has 25 heavy (non-hydrogen) atoms. The lowest BCUT2D eigenvalue weighted by Crippen LogP contribution is -2.51. The molecule has 0 atom stereocenters. The van der Waals surface area contributed by atoms with Crippen LogP contribution in [0, 0.1) is 5.82 Å². The third kappa shape index (κ3) is 3.62. The maximum absolute atomic E-state index is 13.1. The first-order valence-corrected chi connectivity index (χ1v) is 9.91. The summed E-state index contributed by atoms with van der Waals surface area (Å²) in [7, 11) is 0. The molecule has 132 valence electrons. The third-order valence-corrected chi connectivity index (χ3v) is 6.51. The summed E-state index contributed by atoms with van der Waals surface area (Å²) < 4.78 is 13.1. The number of piperazine rings is 1. The van der Waals surface area contributed by atoms with Crippen LogP contribution >= 0.6 is 11.3 Å². The van der Waals surface area contributed by atoms with Crippen LogP contribution in [-0.4, -0.2) is 47.9 Å². The van der Waals surface area contributed by atoms with Gasteiger partial charge in [-0.1, -0.05) is 25.0 Å². The second kappa shape index (κ2) is 7.26. The molecule has 0 unspecified atom stereocenters. The van der Waals surface area contributed by atoms with Gasteiger partial charge in [0.25, 0.3) is 5.91 Å². The number of amides is 1. The zero-order valence-corrected chi connectivity index (χ0v) is 15.1. The first-order chi connectivity index (χ1) is 12.2.